The Morgan fingerprint density at radius 3 is 2.51 bits per heavy atom. The molecule has 208 valence electrons. The molecule has 3 amide bonds. The molecule has 0 radical (unpaired) electrons. The van der Waals surface area contributed by atoms with Gasteiger partial charge in [-0.15, -0.1) is 0 Å². The van der Waals surface area contributed by atoms with E-state index in [1.807, 2.05) is 9.80 Å². The lowest BCUT2D eigenvalue weighted by Crippen LogP contribution is -2.58. The van der Waals surface area contributed by atoms with Gasteiger partial charge in [-0.25, -0.2) is 0 Å². The van der Waals surface area contributed by atoms with Crippen LogP contribution in [-0.2, 0) is 33.7 Å². The van der Waals surface area contributed by atoms with E-state index in [9.17, 15) is 14.4 Å². The van der Waals surface area contributed by atoms with Crippen LogP contribution in [0.4, 0.5) is 5.69 Å². The zero-order valence-corrected chi connectivity index (χ0v) is 23.0. The number of fused-ring (bicyclic) bond motifs is 1. The first-order valence-corrected chi connectivity index (χ1v) is 14.2. The lowest BCUT2D eigenvalue weighted by molar-refractivity contribution is -0.149. The molecule has 1 spiro atoms. The predicted molar refractivity (Wildman–Crippen MR) is 146 cm³/mol. The minimum atomic E-state index is -0.375. The number of amides is 3. The Labute approximate surface area is 229 Å². The molecular weight excluding hydrogens is 496 g/mol. The third kappa shape index (κ3) is 4.90. The molecule has 0 bridgehead atoms. The van der Waals surface area contributed by atoms with Crippen LogP contribution in [0.3, 0.4) is 0 Å². The van der Waals surface area contributed by atoms with Crippen LogP contribution in [-0.4, -0.2) is 95.3 Å². The number of nitrogens with one attached hydrogen (secondary N) is 1. The molecule has 1 N–H and O–H groups in total. The third-order valence-electron chi connectivity index (χ3n) is 9.12. The van der Waals surface area contributed by atoms with E-state index < -0.39 is 0 Å². The molecule has 10 nitrogen and oxygen atoms in total. The minimum absolute atomic E-state index is 0.0585. The van der Waals surface area contributed by atoms with Crippen molar-refractivity contribution < 1.29 is 19.1 Å². The number of piperidine rings is 1. The summed E-state index contributed by atoms with van der Waals surface area (Å²) in [7, 11) is 0. The van der Waals surface area contributed by atoms with Gasteiger partial charge >= 0.3 is 0 Å². The SMILES string of the molecule is Cc1cccc(N2CCN(C(=O)Cn3nc(C(=O)N4CCC5(CC4)CNC(=O)CO5)c4c3CCC4)CC2)c1C. The van der Waals surface area contributed by atoms with Crippen LogP contribution in [0.15, 0.2) is 18.2 Å². The van der Waals surface area contributed by atoms with Gasteiger partial charge in [0.05, 0.1) is 5.60 Å². The summed E-state index contributed by atoms with van der Waals surface area (Å²) in [6.07, 6.45) is 4.03. The predicted octanol–water partition coefficient (Wildman–Crippen LogP) is 1.46. The third-order valence-corrected chi connectivity index (χ3v) is 9.12. The van der Waals surface area contributed by atoms with Gasteiger partial charge in [-0.2, -0.15) is 5.10 Å². The maximum absolute atomic E-state index is 13.5. The van der Waals surface area contributed by atoms with E-state index in [2.05, 4.69) is 42.3 Å². The fraction of sp³-hybridized carbons (Fsp3) is 0.586. The number of rotatable bonds is 4. The van der Waals surface area contributed by atoms with Crippen LogP contribution in [0.5, 0.6) is 0 Å². The van der Waals surface area contributed by atoms with Crippen LogP contribution in [0.1, 0.15) is 52.1 Å². The standard InChI is InChI=1S/C29H38N6O4/c1-20-5-3-7-23(21(20)2)32-13-15-33(16-14-32)26(37)17-35-24-8-4-6-22(24)27(31-35)28(38)34-11-9-29(10-12-34)19-30-25(36)18-39-29/h3,5,7H,4,6,8-19H2,1-2H3,(H,30,36). The van der Waals surface area contributed by atoms with Crippen LogP contribution < -0.4 is 10.2 Å². The Hall–Kier alpha value is -3.40. The van der Waals surface area contributed by atoms with Gasteiger partial charge in [0, 0.05) is 62.8 Å². The number of benzene rings is 1. The van der Waals surface area contributed by atoms with E-state index >= 15 is 0 Å². The fourth-order valence-electron chi connectivity index (χ4n) is 6.48. The number of piperazine rings is 1. The largest absolute Gasteiger partial charge is 0.368 e. The molecule has 3 aliphatic heterocycles. The summed E-state index contributed by atoms with van der Waals surface area (Å²) in [4.78, 5) is 44.5. The number of carbonyl (C=O) groups is 3. The minimum Gasteiger partial charge on any atom is -0.368 e. The zero-order valence-electron chi connectivity index (χ0n) is 23.0. The van der Waals surface area contributed by atoms with Gasteiger partial charge in [-0.05, 0) is 63.1 Å². The highest BCUT2D eigenvalue weighted by Gasteiger charge is 2.41. The Morgan fingerprint density at radius 2 is 1.79 bits per heavy atom. The average molecular weight is 535 g/mol. The Kier molecular flexibility index (Phi) is 6.82. The van der Waals surface area contributed by atoms with Gasteiger partial charge in [0.15, 0.2) is 5.69 Å². The molecule has 4 aliphatic rings. The van der Waals surface area contributed by atoms with Crippen molar-refractivity contribution in [2.24, 2.45) is 0 Å². The van der Waals surface area contributed by atoms with Gasteiger partial charge in [0.2, 0.25) is 11.8 Å². The second kappa shape index (κ2) is 10.3. The van der Waals surface area contributed by atoms with E-state index in [0.717, 1.165) is 43.6 Å². The normalized spacial score (nSPS) is 20.8. The lowest BCUT2D eigenvalue weighted by Gasteiger charge is -2.43. The summed E-state index contributed by atoms with van der Waals surface area (Å²) >= 11 is 0. The van der Waals surface area contributed by atoms with Crippen molar-refractivity contribution in [2.45, 2.75) is 58.1 Å². The fourth-order valence-corrected chi connectivity index (χ4v) is 6.48. The number of likely N-dealkylation sites (tertiary alicyclic amines) is 1. The number of aryl methyl sites for hydroxylation is 1. The highest BCUT2D eigenvalue weighted by Crippen LogP contribution is 2.31. The van der Waals surface area contributed by atoms with E-state index in [0.29, 0.717) is 51.3 Å². The quantitative estimate of drug-likeness (QED) is 0.638. The summed E-state index contributed by atoms with van der Waals surface area (Å²) < 4.78 is 7.65. The number of aromatic nitrogens is 2. The Bertz CT molecular complexity index is 1270. The molecule has 0 saturated carbocycles. The highest BCUT2D eigenvalue weighted by atomic mass is 16.5. The number of hydrogen-bond donors (Lipinski definition) is 1. The smallest absolute Gasteiger partial charge is 0.274 e. The van der Waals surface area contributed by atoms with Crippen molar-refractivity contribution in [3.63, 3.8) is 0 Å². The molecule has 3 fully saturated rings. The summed E-state index contributed by atoms with van der Waals surface area (Å²) in [6, 6.07) is 6.39. The van der Waals surface area contributed by atoms with Gasteiger partial charge in [-0.1, -0.05) is 12.1 Å². The van der Waals surface area contributed by atoms with E-state index in [4.69, 9.17) is 9.84 Å². The highest BCUT2D eigenvalue weighted by molar-refractivity contribution is 5.94. The number of carbonyl (C=O) groups excluding carboxylic acids is 3. The molecule has 39 heavy (non-hydrogen) atoms. The van der Waals surface area contributed by atoms with Crippen LogP contribution in [0.25, 0.3) is 0 Å². The van der Waals surface area contributed by atoms with Crippen molar-refractivity contribution in [1.29, 1.82) is 0 Å². The number of nitrogens with zero attached hydrogens (tertiary/aromatic N) is 5. The molecule has 0 atom stereocenters. The van der Waals surface area contributed by atoms with Gasteiger partial charge in [-0.3, -0.25) is 19.1 Å². The first kappa shape index (κ1) is 25.9. The molecule has 1 aromatic heterocycles. The maximum atomic E-state index is 13.5. The molecule has 3 saturated heterocycles. The second-order valence-electron chi connectivity index (χ2n) is 11.4. The molecule has 0 unspecified atom stereocenters. The van der Waals surface area contributed by atoms with Crippen LogP contribution in [0.2, 0.25) is 0 Å². The monoisotopic (exact) mass is 534 g/mol. The summed E-state index contributed by atoms with van der Waals surface area (Å²) in [5, 5.41) is 7.61. The average Bonchev–Trinajstić information content (AvgIpc) is 3.56. The molecule has 1 aromatic carbocycles. The van der Waals surface area contributed by atoms with Crippen molar-refractivity contribution >= 4 is 23.4 Å². The first-order chi connectivity index (χ1) is 18.8. The maximum Gasteiger partial charge on any atom is 0.274 e. The summed E-state index contributed by atoms with van der Waals surface area (Å²) in [6.45, 7) is 9.16. The molecule has 4 heterocycles. The van der Waals surface area contributed by atoms with Crippen molar-refractivity contribution in [2.75, 3.05) is 57.3 Å². The van der Waals surface area contributed by atoms with E-state index in [1.165, 1.54) is 16.8 Å². The van der Waals surface area contributed by atoms with E-state index in [1.54, 1.807) is 4.68 Å². The number of ether oxygens (including phenoxy) is 1. The first-order valence-electron chi connectivity index (χ1n) is 14.2. The van der Waals surface area contributed by atoms with E-state index in [-0.39, 0.29) is 36.5 Å². The Morgan fingerprint density at radius 1 is 1.03 bits per heavy atom. The molecule has 10 heteroatoms. The van der Waals surface area contributed by atoms with Gasteiger partial charge in [0.1, 0.15) is 13.2 Å². The number of hydrogen-bond acceptors (Lipinski definition) is 6. The second-order valence-corrected chi connectivity index (χ2v) is 11.4. The molecular formula is C29H38N6O4. The van der Waals surface area contributed by atoms with Crippen molar-refractivity contribution in [3.05, 3.63) is 46.3 Å². The van der Waals surface area contributed by atoms with Gasteiger partial charge in [0.25, 0.3) is 5.91 Å². The summed E-state index contributed by atoms with van der Waals surface area (Å²) in [5.41, 5.74) is 6.00. The topological polar surface area (TPSA) is 100 Å². The Balaban J connectivity index is 1.09. The zero-order chi connectivity index (χ0) is 27.1. The molecule has 1 aliphatic carbocycles. The lowest BCUT2D eigenvalue weighted by atomic mass is 9.89. The number of anilines is 1. The number of morpholine rings is 1. The van der Waals surface area contributed by atoms with Gasteiger partial charge < -0.3 is 24.8 Å². The molecule has 6 rings (SSSR count). The van der Waals surface area contributed by atoms with Crippen LogP contribution in [0, 0.1) is 13.8 Å². The molecule has 2 aromatic rings. The summed E-state index contributed by atoms with van der Waals surface area (Å²) in [5.74, 6) is -0.0857. The van der Waals surface area contributed by atoms with Crippen molar-refractivity contribution in [3.8, 4) is 0 Å². The van der Waals surface area contributed by atoms with Crippen LogP contribution >= 0.6 is 0 Å². The van der Waals surface area contributed by atoms with Crippen molar-refractivity contribution in [1.82, 2.24) is 24.9 Å².